The zero-order valence-corrected chi connectivity index (χ0v) is 10.7. The first-order valence-corrected chi connectivity index (χ1v) is 5.97. The molecule has 1 unspecified atom stereocenters. The molecule has 0 saturated carbocycles. The van der Waals surface area contributed by atoms with Crippen molar-refractivity contribution in [2.45, 2.75) is 35.3 Å². The van der Waals surface area contributed by atoms with E-state index in [1.807, 2.05) is 0 Å². The van der Waals surface area contributed by atoms with Gasteiger partial charge >= 0.3 is 5.97 Å². The Hall–Kier alpha value is 0.170. The van der Waals surface area contributed by atoms with Crippen LogP contribution in [0, 0.1) is 0 Å². The number of alkyl halides is 2. The number of cyclic esters (lactones) is 1. The number of hydrogen-bond donors (Lipinski definition) is 0. The minimum atomic E-state index is -0.403. The van der Waals surface area contributed by atoms with Crippen molar-refractivity contribution in [1.82, 2.24) is 0 Å². The van der Waals surface area contributed by atoms with Gasteiger partial charge in [0.2, 0.25) is 0 Å². The summed E-state index contributed by atoms with van der Waals surface area (Å²) >= 11 is 6.84. The molecule has 0 bridgehead atoms. The smallest absolute Gasteiger partial charge is 0.326 e. The highest BCUT2D eigenvalue weighted by atomic mass is 79.9. The molecule has 4 heteroatoms. The Labute approximate surface area is 95.0 Å². The summed E-state index contributed by atoms with van der Waals surface area (Å²) in [6.45, 7) is 5.85. The molecule has 0 radical (unpaired) electrons. The van der Waals surface area contributed by atoms with Crippen LogP contribution in [-0.4, -0.2) is 15.1 Å². The quantitative estimate of drug-likeness (QED) is 0.591. The molecule has 0 aromatic carbocycles. The minimum Gasteiger partial charge on any atom is -0.429 e. The van der Waals surface area contributed by atoms with E-state index in [0.29, 0.717) is 5.76 Å². The van der Waals surface area contributed by atoms with E-state index in [4.69, 9.17) is 4.74 Å². The van der Waals surface area contributed by atoms with Gasteiger partial charge < -0.3 is 4.74 Å². The topological polar surface area (TPSA) is 26.3 Å². The fourth-order valence-electron chi connectivity index (χ4n) is 1.29. The zero-order chi connectivity index (χ0) is 10.1. The highest BCUT2D eigenvalue weighted by molar-refractivity contribution is 9.13. The van der Waals surface area contributed by atoms with Crippen molar-refractivity contribution in [2.75, 3.05) is 0 Å². The van der Waals surface area contributed by atoms with Crippen LogP contribution < -0.4 is 0 Å². The van der Waals surface area contributed by atoms with Gasteiger partial charge in [-0.1, -0.05) is 58.2 Å². The van der Waals surface area contributed by atoms with Gasteiger partial charge in [0.05, 0.1) is 0 Å². The normalized spacial score (nSPS) is 33.6. The van der Waals surface area contributed by atoms with Crippen molar-refractivity contribution in [2.24, 2.45) is 0 Å². The van der Waals surface area contributed by atoms with Crippen LogP contribution in [0.25, 0.3) is 0 Å². The van der Waals surface area contributed by atoms with E-state index < -0.39 is 4.32 Å². The molecule has 74 valence electrons. The van der Waals surface area contributed by atoms with E-state index >= 15 is 0 Å². The molecule has 1 aliphatic heterocycles. The first-order valence-electron chi connectivity index (χ1n) is 4.26. The molecule has 0 aromatic rings. The lowest BCUT2D eigenvalue weighted by atomic mass is 9.99. The third-order valence-electron chi connectivity index (χ3n) is 2.19. The van der Waals surface area contributed by atoms with Gasteiger partial charge in [0.15, 0.2) is 0 Å². The summed E-state index contributed by atoms with van der Waals surface area (Å²) < 4.78 is 4.56. The number of hydrogen-bond acceptors (Lipinski definition) is 2. The monoisotopic (exact) mass is 310 g/mol. The summed E-state index contributed by atoms with van der Waals surface area (Å²) in [5.74, 6) is 0.269. The standard InChI is InChI=1S/C9H12Br2O2/c1-3-4-5-9(11)6(2)13-8(12)7(9)10/h7H,2-5H2,1H3/t7?,9-/m0/s1. The van der Waals surface area contributed by atoms with Crippen LogP contribution in [0.4, 0.5) is 0 Å². The molecule has 0 aromatic heterocycles. The van der Waals surface area contributed by atoms with Gasteiger partial charge in [-0.25, -0.2) is 0 Å². The van der Waals surface area contributed by atoms with E-state index in [-0.39, 0.29) is 10.8 Å². The van der Waals surface area contributed by atoms with E-state index in [1.165, 1.54) is 0 Å². The van der Waals surface area contributed by atoms with Gasteiger partial charge in [-0.2, -0.15) is 0 Å². The van der Waals surface area contributed by atoms with Gasteiger partial charge in [0, 0.05) is 0 Å². The number of ether oxygens (including phenoxy) is 1. The lowest BCUT2D eigenvalue weighted by molar-refractivity contribution is -0.134. The number of carbonyl (C=O) groups is 1. The van der Waals surface area contributed by atoms with Crippen LogP contribution in [0.2, 0.25) is 0 Å². The predicted molar refractivity (Wildman–Crippen MR) is 59.1 cm³/mol. The maximum Gasteiger partial charge on any atom is 0.326 e. The molecule has 0 spiro atoms. The third-order valence-corrected chi connectivity index (χ3v) is 5.26. The molecule has 1 saturated heterocycles. The Morgan fingerprint density at radius 1 is 1.69 bits per heavy atom. The van der Waals surface area contributed by atoms with Crippen molar-refractivity contribution in [3.63, 3.8) is 0 Å². The lowest BCUT2D eigenvalue weighted by Crippen LogP contribution is -2.30. The third kappa shape index (κ3) is 1.99. The van der Waals surface area contributed by atoms with Gasteiger partial charge in [-0.15, -0.1) is 0 Å². The Kier molecular flexibility index (Phi) is 3.57. The maximum absolute atomic E-state index is 11.2. The molecule has 13 heavy (non-hydrogen) atoms. The molecular formula is C9H12Br2O2. The average molecular weight is 312 g/mol. The van der Waals surface area contributed by atoms with Crippen molar-refractivity contribution in [3.8, 4) is 0 Å². The molecule has 1 heterocycles. The molecule has 0 N–H and O–H groups in total. The molecular weight excluding hydrogens is 300 g/mol. The molecule has 1 rings (SSSR count). The lowest BCUT2D eigenvalue weighted by Gasteiger charge is -2.21. The SMILES string of the molecule is C=C1OC(=O)C(Br)[C@]1(Br)CCCC. The van der Waals surface area contributed by atoms with E-state index in [9.17, 15) is 4.79 Å². The Morgan fingerprint density at radius 2 is 2.31 bits per heavy atom. The number of esters is 1. The van der Waals surface area contributed by atoms with Crippen molar-refractivity contribution < 1.29 is 9.53 Å². The summed E-state index contributed by atoms with van der Waals surface area (Å²) in [4.78, 5) is 10.9. The first kappa shape index (κ1) is 11.2. The number of carbonyl (C=O) groups excluding carboxylic acids is 1. The summed E-state index contributed by atoms with van der Waals surface area (Å²) in [7, 11) is 0. The summed E-state index contributed by atoms with van der Waals surface area (Å²) in [5.41, 5.74) is 0. The zero-order valence-electron chi connectivity index (χ0n) is 7.48. The molecule has 0 amide bonds. The minimum absolute atomic E-state index is 0.252. The second-order valence-electron chi connectivity index (χ2n) is 3.17. The van der Waals surface area contributed by atoms with Crippen LogP contribution in [0.5, 0.6) is 0 Å². The fraction of sp³-hybridized carbons (Fsp3) is 0.667. The number of halogens is 2. The van der Waals surface area contributed by atoms with Crippen molar-refractivity contribution in [3.05, 3.63) is 12.3 Å². The summed E-state index contributed by atoms with van der Waals surface area (Å²) in [5, 5.41) is 0. The average Bonchev–Trinajstić information content (AvgIpc) is 2.28. The Morgan fingerprint density at radius 3 is 2.69 bits per heavy atom. The number of unbranched alkanes of at least 4 members (excludes halogenated alkanes) is 1. The van der Waals surface area contributed by atoms with Gasteiger partial charge in [0.1, 0.15) is 14.9 Å². The van der Waals surface area contributed by atoms with E-state index in [0.717, 1.165) is 19.3 Å². The largest absolute Gasteiger partial charge is 0.429 e. The van der Waals surface area contributed by atoms with Crippen LogP contribution in [0.15, 0.2) is 12.3 Å². The van der Waals surface area contributed by atoms with E-state index in [1.54, 1.807) is 0 Å². The number of allylic oxidation sites excluding steroid dienone is 1. The second-order valence-corrected chi connectivity index (χ2v) is 5.50. The summed E-state index contributed by atoms with van der Waals surface area (Å²) in [6.07, 6.45) is 3.00. The molecule has 1 aliphatic rings. The second kappa shape index (κ2) is 4.13. The highest BCUT2D eigenvalue weighted by Gasteiger charge is 2.50. The van der Waals surface area contributed by atoms with E-state index in [2.05, 4.69) is 45.4 Å². The van der Waals surface area contributed by atoms with Crippen LogP contribution in [0.1, 0.15) is 26.2 Å². The van der Waals surface area contributed by atoms with Crippen LogP contribution in [-0.2, 0) is 9.53 Å². The van der Waals surface area contributed by atoms with Gasteiger partial charge in [-0.3, -0.25) is 4.79 Å². The Bertz CT molecular complexity index is 240. The van der Waals surface area contributed by atoms with Crippen LogP contribution in [0.3, 0.4) is 0 Å². The van der Waals surface area contributed by atoms with Crippen molar-refractivity contribution >= 4 is 37.8 Å². The number of rotatable bonds is 3. The molecule has 2 nitrogen and oxygen atoms in total. The van der Waals surface area contributed by atoms with Gasteiger partial charge in [-0.05, 0) is 6.42 Å². The predicted octanol–water partition coefficient (Wildman–Crippen LogP) is 3.14. The van der Waals surface area contributed by atoms with Gasteiger partial charge in [0.25, 0.3) is 0 Å². The first-order chi connectivity index (χ1) is 6.02. The highest BCUT2D eigenvalue weighted by Crippen LogP contribution is 2.45. The maximum atomic E-state index is 11.2. The fourth-order valence-corrected chi connectivity index (χ4v) is 2.41. The van der Waals surface area contributed by atoms with Crippen LogP contribution >= 0.6 is 31.9 Å². The molecule has 1 fully saturated rings. The molecule has 2 atom stereocenters. The summed E-state index contributed by atoms with van der Waals surface area (Å²) in [6, 6.07) is 0. The molecule has 0 aliphatic carbocycles. The van der Waals surface area contributed by atoms with Crippen molar-refractivity contribution in [1.29, 1.82) is 0 Å². The Balaban J connectivity index is 2.75.